The minimum absolute atomic E-state index is 0.0745. The van der Waals surface area contributed by atoms with Gasteiger partial charge in [-0.05, 0) is 31.9 Å². The van der Waals surface area contributed by atoms with Crippen LogP contribution >= 0.6 is 0 Å². The zero-order valence-corrected chi connectivity index (χ0v) is 13.5. The Morgan fingerprint density at radius 3 is 2.57 bits per heavy atom. The molecule has 2 heterocycles. The number of benzene rings is 1. The van der Waals surface area contributed by atoms with Crippen molar-refractivity contribution in [2.24, 2.45) is 0 Å². The summed E-state index contributed by atoms with van der Waals surface area (Å²) in [5.74, 6) is 1.66. The van der Waals surface area contributed by atoms with Crippen molar-refractivity contribution in [3.63, 3.8) is 0 Å². The number of carbonyl (C=O) groups is 1. The van der Waals surface area contributed by atoms with E-state index >= 15 is 0 Å². The summed E-state index contributed by atoms with van der Waals surface area (Å²) in [7, 11) is 3.10. The molecule has 1 aliphatic heterocycles. The van der Waals surface area contributed by atoms with Crippen LogP contribution in [0.2, 0.25) is 0 Å². The molecule has 1 aromatic heterocycles. The zero-order chi connectivity index (χ0) is 16.4. The van der Waals surface area contributed by atoms with Gasteiger partial charge in [0, 0.05) is 12.6 Å². The fraction of sp³-hybridized carbons (Fsp3) is 0.412. The molecule has 2 aromatic rings. The number of rotatable bonds is 4. The van der Waals surface area contributed by atoms with Crippen LogP contribution in [0.4, 0.5) is 0 Å². The zero-order valence-electron chi connectivity index (χ0n) is 13.5. The third kappa shape index (κ3) is 2.76. The van der Waals surface area contributed by atoms with Gasteiger partial charge in [0.2, 0.25) is 0 Å². The molecule has 0 spiro atoms. The van der Waals surface area contributed by atoms with Gasteiger partial charge in [-0.1, -0.05) is 11.2 Å². The molecule has 1 amide bonds. The van der Waals surface area contributed by atoms with Gasteiger partial charge in [0.15, 0.2) is 0 Å². The van der Waals surface area contributed by atoms with E-state index in [-0.39, 0.29) is 11.9 Å². The molecule has 1 fully saturated rings. The molecule has 1 saturated heterocycles. The monoisotopic (exact) mass is 316 g/mol. The van der Waals surface area contributed by atoms with Gasteiger partial charge in [0.25, 0.3) is 5.91 Å². The predicted molar refractivity (Wildman–Crippen MR) is 83.8 cm³/mol. The quantitative estimate of drug-likeness (QED) is 0.867. The topological polar surface area (TPSA) is 64.8 Å². The number of amides is 1. The molecule has 6 nitrogen and oxygen atoms in total. The van der Waals surface area contributed by atoms with E-state index in [1.807, 2.05) is 17.9 Å². The van der Waals surface area contributed by atoms with Crippen LogP contribution < -0.4 is 9.47 Å². The minimum atomic E-state index is -0.109. The number of aromatic nitrogens is 1. The maximum atomic E-state index is 13.1. The normalized spacial score (nSPS) is 17.3. The van der Waals surface area contributed by atoms with Crippen molar-refractivity contribution in [1.82, 2.24) is 10.1 Å². The standard InChI is InChI=1S/C17H20N2O4/c1-11-10-12(18-23-11)13-6-5-9-19(13)17(20)16-14(21-2)7-4-8-15(16)22-3/h4,7-8,10,13H,5-6,9H2,1-3H3. The molecule has 1 aromatic carbocycles. The highest BCUT2D eigenvalue weighted by atomic mass is 16.5. The molecule has 0 saturated carbocycles. The van der Waals surface area contributed by atoms with Gasteiger partial charge < -0.3 is 18.9 Å². The van der Waals surface area contributed by atoms with E-state index in [0.29, 0.717) is 23.6 Å². The Morgan fingerprint density at radius 2 is 2.00 bits per heavy atom. The van der Waals surface area contributed by atoms with Crippen molar-refractivity contribution >= 4 is 5.91 Å². The lowest BCUT2D eigenvalue weighted by Crippen LogP contribution is -2.31. The van der Waals surface area contributed by atoms with Crippen LogP contribution in [0.15, 0.2) is 28.8 Å². The summed E-state index contributed by atoms with van der Waals surface area (Å²) in [6.07, 6.45) is 1.80. The van der Waals surface area contributed by atoms with Crippen molar-refractivity contribution < 1.29 is 18.8 Å². The fourth-order valence-corrected chi connectivity index (χ4v) is 3.07. The molecule has 1 atom stereocenters. The summed E-state index contributed by atoms with van der Waals surface area (Å²) in [6.45, 7) is 2.53. The van der Waals surface area contributed by atoms with Crippen molar-refractivity contribution in [3.8, 4) is 11.5 Å². The van der Waals surface area contributed by atoms with Crippen LogP contribution in [0.5, 0.6) is 11.5 Å². The van der Waals surface area contributed by atoms with E-state index in [1.165, 1.54) is 0 Å². The smallest absolute Gasteiger partial charge is 0.261 e. The highest BCUT2D eigenvalue weighted by Crippen LogP contribution is 2.37. The number of likely N-dealkylation sites (tertiary alicyclic amines) is 1. The SMILES string of the molecule is COc1cccc(OC)c1C(=O)N1CCCC1c1cc(C)on1. The van der Waals surface area contributed by atoms with Crippen molar-refractivity contribution in [2.75, 3.05) is 20.8 Å². The Labute approximate surface area is 135 Å². The highest BCUT2D eigenvalue weighted by molar-refractivity contribution is 6.00. The highest BCUT2D eigenvalue weighted by Gasteiger charge is 2.35. The van der Waals surface area contributed by atoms with E-state index < -0.39 is 0 Å². The first-order valence-corrected chi connectivity index (χ1v) is 7.61. The average Bonchev–Trinajstić information content (AvgIpc) is 3.21. The van der Waals surface area contributed by atoms with Gasteiger partial charge in [-0.15, -0.1) is 0 Å². The Hall–Kier alpha value is -2.50. The van der Waals surface area contributed by atoms with E-state index in [2.05, 4.69) is 5.16 Å². The van der Waals surface area contributed by atoms with Gasteiger partial charge in [-0.2, -0.15) is 0 Å². The summed E-state index contributed by atoms with van der Waals surface area (Å²) in [4.78, 5) is 14.9. The number of hydrogen-bond donors (Lipinski definition) is 0. The molecule has 3 rings (SSSR count). The molecule has 122 valence electrons. The third-order valence-electron chi connectivity index (χ3n) is 4.14. The van der Waals surface area contributed by atoms with E-state index in [9.17, 15) is 4.79 Å². The van der Waals surface area contributed by atoms with Crippen molar-refractivity contribution in [3.05, 3.63) is 41.3 Å². The number of hydrogen-bond acceptors (Lipinski definition) is 5. The molecular formula is C17H20N2O4. The average molecular weight is 316 g/mol. The van der Waals surface area contributed by atoms with Crippen LogP contribution in [0.3, 0.4) is 0 Å². The van der Waals surface area contributed by atoms with Crippen LogP contribution in [0, 0.1) is 6.92 Å². The maximum absolute atomic E-state index is 13.1. The first kappa shape index (κ1) is 15.4. The van der Waals surface area contributed by atoms with Crippen LogP contribution in [0.25, 0.3) is 0 Å². The molecule has 6 heteroatoms. The number of carbonyl (C=O) groups excluding carboxylic acids is 1. The molecule has 0 radical (unpaired) electrons. The number of methoxy groups -OCH3 is 2. The van der Waals surface area contributed by atoms with Gasteiger partial charge in [-0.3, -0.25) is 4.79 Å². The lowest BCUT2D eigenvalue weighted by atomic mass is 10.1. The summed E-state index contributed by atoms with van der Waals surface area (Å²) < 4.78 is 15.9. The fourth-order valence-electron chi connectivity index (χ4n) is 3.07. The Bertz CT molecular complexity index is 688. The van der Waals surface area contributed by atoms with Crippen molar-refractivity contribution in [2.45, 2.75) is 25.8 Å². The van der Waals surface area contributed by atoms with Crippen molar-refractivity contribution in [1.29, 1.82) is 0 Å². The number of nitrogens with zero attached hydrogens (tertiary/aromatic N) is 2. The van der Waals surface area contributed by atoms with Gasteiger partial charge in [0.1, 0.15) is 28.5 Å². The third-order valence-corrected chi connectivity index (χ3v) is 4.14. The predicted octanol–water partition coefficient (Wildman–Crippen LogP) is 2.98. The minimum Gasteiger partial charge on any atom is -0.496 e. The largest absolute Gasteiger partial charge is 0.496 e. The second-order valence-electron chi connectivity index (χ2n) is 5.56. The van der Waals surface area contributed by atoms with Gasteiger partial charge in [0.05, 0.1) is 20.3 Å². The van der Waals surface area contributed by atoms with E-state index in [1.54, 1.807) is 32.4 Å². The second-order valence-corrected chi connectivity index (χ2v) is 5.56. The lowest BCUT2D eigenvalue weighted by molar-refractivity contribution is 0.0724. The maximum Gasteiger partial charge on any atom is 0.261 e. The number of ether oxygens (including phenoxy) is 2. The first-order valence-electron chi connectivity index (χ1n) is 7.61. The van der Waals surface area contributed by atoms with Crippen LogP contribution in [-0.4, -0.2) is 36.7 Å². The molecule has 1 aliphatic rings. The first-order chi connectivity index (χ1) is 11.2. The Kier molecular flexibility index (Phi) is 4.23. The molecular weight excluding hydrogens is 296 g/mol. The summed E-state index contributed by atoms with van der Waals surface area (Å²) in [5.41, 5.74) is 1.24. The molecule has 0 N–H and O–H groups in total. The van der Waals surface area contributed by atoms with Gasteiger partial charge >= 0.3 is 0 Å². The summed E-state index contributed by atoms with van der Waals surface area (Å²) >= 11 is 0. The van der Waals surface area contributed by atoms with Crippen LogP contribution in [0.1, 0.15) is 40.7 Å². The van der Waals surface area contributed by atoms with E-state index in [0.717, 1.165) is 24.3 Å². The second kappa shape index (κ2) is 6.32. The summed E-state index contributed by atoms with van der Waals surface area (Å²) in [5, 5.41) is 4.08. The molecule has 1 unspecified atom stereocenters. The lowest BCUT2D eigenvalue weighted by Gasteiger charge is -2.24. The molecule has 23 heavy (non-hydrogen) atoms. The summed E-state index contributed by atoms with van der Waals surface area (Å²) in [6, 6.07) is 7.14. The van der Waals surface area contributed by atoms with Crippen LogP contribution in [-0.2, 0) is 0 Å². The Morgan fingerprint density at radius 1 is 1.30 bits per heavy atom. The molecule has 0 bridgehead atoms. The van der Waals surface area contributed by atoms with Gasteiger partial charge in [-0.25, -0.2) is 0 Å². The Balaban J connectivity index is 1.96. The molecule has 0 aliphatic carbocycles. The number of aryl methyl sites for hydroxylation is 1. The van der Waals surface area contributed by atoms with E-state index in [4.69, 9.17) is 14.0 Å².